The number of allylic oxidation sites excluding steroid dienone is 2. The summed E-state index contributed by atoms with van der Waals surface area (Å²) < 4.78 is 5.20. The van der Waals surface area contributed by atoms with Crippen LogP contribution in [-0.2, 0) is 4.74 Å². The predicted octanol–water partition coefficient (Wildman–Crippen LogP) is 0.862. The molecule has 1 aliphatic rings. The maximum atomic E-state index is 5.20. The van der Waals surface area contributed by atoms with Gasteiger partial charge in [0.05, 0.1) is 0 Å². The summed E-state index contributed by atoms with van der Waals surface area (Å²) >= 11 is 0. The van der Waals surface area contributed by atoms with E-state index in [4.69, 9.17) is 11.2 Å². The molecule has 1 rings (SSSR count). The second-order valence-electron chi connectivity index (χ2n) is 2.19. The minimum absolute atomic E-state index is 0.273. The summed E-state index contributed by atoms with van der Waals surface area (Å²) in [6.45, 7) is 3.95. The third kappa shape index (κ3) is 1.53. The van der Waals surface area contributed by atoms with E-state index in [0.29, 0.717) is 5.76 Å². The number of terminal acetylenes is 1. The van der Waals surface area contributed by atoms with E-state index in [0.717, 1.165) is 11.4 Å². The Labute approximate surface area is 66.1 Å². The Hall–Kier alpha value is -1.43. The molecule has 0 fully saturated rings. The molecule has 0 N–H and O–H groups in total. The first-order valence-corrected chi connectivity index (χ1v) is 3.28. The van der Waals surface area contributed by atoms with Gasteiger partial charge >= 0.3 is 0 Å². The van der Waals surface area contributed by atoms with Crippen LogP contribution in [0, 0.1) is 12.3 Å². The van der Waals surface area contributed by atoms with E-state index in [1.165, 1.54) is 0 Å². The van der Waals surface area contributed by atoms with Crippen molar-refractivity contribution in [3.8, 4) is 12.3 Å². The first-order valence-electron chi connectivity index (χ1n) is 3.28. The molecule has 0 aromatic rings. The van der Waals surface area contributed by atoms with Crippen LogP contribution in [0.25, 0.3) is 0 Å². The topological polar surface area (TPSA) is 35.7 Å². The molecular weight excluding hydrogens is 140 g/mol. The second-order valence-corrected chi connectivity index (χ2v) is 2.19. The van der Waals surface area contributed by atoms with Crippen LogP contribution in [0.1, 0.15) is 13.8 Å². The lowest BCUT2D eigenvalue weighted by atomic mass is 10.3. The van der Waals surface area contributed by atoms with Crippen molar-refractivity contribution < 1.29 is 4.74 Å². The largest absolute Gasteiger partial charge is 0.477 e. The van der Waals surface area contributed by atoms with Crippen LogP contribution < -0.4 is 5.43 Å². The maximum Gasteiger partial charge on any atom is 0.166 e. The highest BCUT2D eigenvalue weighted by Crippen LogP contribution is 2.12. The zero-order valence-corrected chi connectivity index (χ0v) is 6.59. The van der Waals surface area contributed by atoms with Crippen molar-refractivity contribution >= 4 is 5.71 Å². The third-order valence-electron chi connectivity index (χ3n) is 1.31. The van der Waals surface area contributed by atoms with Crippen molar-refractivity contribution in [2.45, 2.75) is 13.8 Å². The minimum atomic E-state index is 0.273. The van der Waals surface area contributed by atoms with E-state index < -0.39 is 0 Å². The van der Waals surface area contributed by atoms with E-state index in [9.17, 15) is 0 Å². The van der Waals surface area contributed by atoms with Crippen LogP contribution in [0.2, 0.25) is 0 Å². The third-order valence-corrected chi connectivity index (χ3v) is 1.31. The summed E-state index contributed by atoms with van der Waals surface area (Å²) in [4.78, 5) is 0. The van der Waals surface area contributed by atoms with Gasteiger partial charge < -0.3 is 4.74 Å². The smallest absolute Gasteiger partial charge is 0.166 e. The Morgan fingerprint density at radius 3 is 2.73 bits per heavy atom. The lowest BCUT2D eigenvalue weighted by Crippen LogP contribution is -2.01. The van der Waals surface area contributed by atoms with Crippen LogP contribution in [-0.4, -0.2) is 12.3 Å². The lowest BCUT2D eigenvalue weighted by molar-refractivity contribution is 0.272. The summed E-state index contributed by atoms with van der Waals surface area (Å²) in [5.74, 6) is 3.09. The van der Waals surface area contributed by atoms with Crippen molar-refractivity contribution in [3.63, 3.8) is 0 Å². The molecule has 11 heavy (non-hydrogen) atoms. The van der Waals surface area contributed by atoms with E-state index >= 15 is 0 Å². The van der Waals surface area contributed by atoms with Crippen LogP contribution in [0.5, 0.6) is 0 Å². The molecule has 0 amide bonds. The number of ether oxygens (including phenoxy) is 1. The maximum absolute atomic E-state index is 5.20. The summed E-state index contributed by atoms with van der Waals surface area (Å²) in [7, 11) is 0. The molecule has 0 spiro atoms. The van der Waals surface area contributed by atoms with E-state index in [2.05, 4.69) is 16.4 Å². The molecule has 0 unspecified atom stereocenters. The zero-order valence-electron chi connectivity index (χ0n) is 6.59. The number of hydrogen-bond acceptors (Lipinski definition) is 2. The first-order chi connectivity index (χ1) is 5.25. The first kappa shape index (κ1) is 7.67. The monoisotopic (exact) mass is 149 g/mol. The molecule has 1 heterocycles. The van der Waals surface area contributed by atoms with Crippen LogP contribution >= 0.6 is 0 Å². The van der Waals surface area contributed by atoms with Gasteiger partial charge in [0.15, 0.2) is 5.76 Å². The zero-order chi connectivity index (χ0) is 8.27. The minimum Gasteiger partial charge on any atom is -0.477 e. The molecular formula is C8H9N2O. The molecule has 0 saturated heterocycles. The fraction of sp³-hybridized carbons (Fsp3) is 0.375. The SMILES string of the molecule is C#CCOC1=C(C)[N]N=C1C. The van der Waals surface area contributed by atoms with Gasteiger partial charge in [-0.1, -0.05) is 5.92 Å². The van der Waals surface area contributed by atoms with Gasteiger partial charge in [0.25, 0.3) is 0 Å². The van der Waals surface area contributed by atoms with Gasteiger partial charge in [-0.2, -0.15) is 10.5 Å². The van der Waals surface area contributed by atoms with Crippen molar-refractivity contribution in [1.82, 2.24) is 5.43 Å². The molecule has 0 atom stereocenters. The molecule has 0 aromatic carbocycles. The molecule has 1 aliphatic heterocycles. The highest BCUT2D eigenvalue weighted by molar-refractivity contribution is 5.98. The van der Waals surface area contributed by atoms with Gasteiger partial charge in [-0.25, -0.2) is 0 Å². The number of rotatable bonds is 2. The summed E-state index contributed by atoms with van der Waals surface area (Å²) in [6, 6.07) is 0. The fourth-order valence-corrected chi connectivity index (χ4v) is 0.825. The van der Waals surface area contributed by atoms with Gasteiger partial charge in [0, 0.05) is 0 Å². The van der Waals surface area contributed by atoms with E-state index in [-0.39, 0.29) is 6.61 Å². The molecule has 3 nitrogen and oxygen atoms in total. The van der Waals surface area contributed by atoms with Crippen LogP contribution in [0.4, 0.5) is 0 Å². The van der Waals surface area contributed by atoms with Crippen LogP contribution in [0.15, 0.2) is 16.6 Å². The average Bonchev–Trinajstić information content (AvgIpc) is 2.29. The number of nitrogens with zero attached hydrogens (tertiary/aromatic N) is 2. The molecule has 0 aliphatic carbocycles. The van der Waals surface area contributed by atoms with Gasteiger partial charge in [0.2, 0.25) is 0 Å². The Bertz CT molecular complexity index is 258. The average molecular weight is 149 g/mol. The molecule has 3 heteroatoms. The van der Waals surface area contributed by atoms with Crippen molar-refractivity contribution in [2.24, 2.45) is 5.10 Å². The van der Waals surface area contributed by atoms with Gasteiger partial charge in [-0.15, -0.1) is 6.42 Å². The Morgan fingerprint density at radius 2 is 2.27 bits per heavy atom. The molecule has 57 valence electrons. The summed E-state index contributed by atoms with van der Waals surface area (Å²) in [5.41, 5.74) is 5.40. The second kappa shape index (κ2) is 3.11. The molecule has 0 saturated carbocycles. The normalized spacial score (nSPS) is 15.5. The lowest BCUT2D eigenvalue weighted by Gasteiger charge is -2.01. The molecule has 1 radical (unpaired) electrons. The van der Waals surface area contributed by atoms with Gasteiger partial charge in [0.1, 0.15) is 18.0 Å². The Balaban J connectivity index is 2.63. The van der Waals surface area contributed by atoms with Gasteiger partial charge in [-0.05, 0) is 13.8 Å². The van der Waals surface area contributed by atoms with Crippen molar-refractivity contribution in [2.75, 3.05) is 6.61 Å². The highest BCUT2D eigenvalue weighted by atomic mass is 16.5. The van der Waals surface area contributed by atoms with Crippen molar-refractivity contribution in [3.05, 3.63) is 11.5 Å². The standard InChI is InChI=1S/C8H9N2O/c1-4-5-11-8-6(2)9-10-7(8)3/h1H,5H2,2-3H3. The predicted molar refractivity (Wildman–Crippen MR) is 42.7 cm³/mol. The van der Waals surface area contributed by atoms with Crippen molar-refractivity contribution in [1.29, 1.82) is 0 Å². The van der Waals surface area contributed by atoms with Crippen LogP contribution in [0.3, 0.4) is 0 Å². The molecule has 0 aromatic heterocycles. The number of hydrogen-bond donors (Lipinski definition) is 0. The molecule has 0 bridgehead atoms. The Morgan fingerprint density at radius 1 is 1.55 bits per heavy atom. The summed E-state index contributed by atoms with van der Waals surface area (Å²) in [6.07, 6.45) is 5.03. The van der Waals surface area contributed by atoms with E-state index in [1.54, 1.807) is 0 Å². The summed E-state index contributed by atoms with van der Waals surface area (Å²) in [5, 5.41) is 3.83. The van der Waals surface area contributed by atoms with E-state index in [1.807, 2.05) is 13.8 Å². The highest BCUT2D eigenvalue weighted by Gasteiger charge is 2.14. The quantitative estimate of drug-likeness (QED) is 0.536. The fourth-order valence-electron chi connectivity index (χ4n) is 0.825. The van der Waals surface area contributed by atoms with Gasteiger partial charge in [-0.3, -0.25) is 0 Å². The Kier molecular flexibility index (Phi) is 2.17.